The number of carbonyl (C=O) groups excluding carboxylic acids is 1. The molecule has 4 heteroatoms. The van der Waals surface area contributed by atoms with Crippen LogP contribution in [0.4, 0.5) is 0 Å². The molecule has 0 aliphatic heterocycles. The number of hydrogen-bond donors (Lipinski definition) is 2. The van der Waals surface area contributed by atoms with Crippen LogP contribution in [0, 0.1) is 0 Å². The molecule has 0 amide bonds. The fourth-order valence-electron chi connectivity index (χ4n) is 7.70. The molecule has 0 bridgehead atoms. The van der Waals surface area contributed by atoms with Gasteiger partial charge in [-0.3, -0.25) is 4.79 Å². The van der Waals surface area contributed by atoms with Crippen LogP contribution in [0.15, 0.2) is 0 Å². The summed E-state index contributed by atoms with van der Waals surface area (Å²) in [4.78, 5) is 12.0. The van der Waals surface area contributed by atoms with Crippen molar-refractivity contribution in [2.45, 2.75) is 296 Å². The molecule has 0 fully saturated rings. The highest BCUT2D eigenvalue weighted by Crippen LogP contribution is 2.18. The third-order valence-electron chi connectivity index (χ3n) is 11.4. The summed E-state index contributed by atoms with van der Waals surface area (Å²) in [6, 6.07) is 0. The Balaban J connectivity index is 3.26. The molecule has 2 N–H and O–H groups in total. The minimum Gasteiger partial charge on any atom is -0.463 e. The molecule has 0 aromatic heterocycles. The van der Waals surface area contributed by atoms with E-state index in [1.165, 1.54) is 218 Å². The van der Waals surface area contributed by atoms with Crippen LogP contribution in [0.25, 0.3) is 0 Å². The molecule has 0 unspecified atom stereocenters. The predicted octanol–water partition coefficient (Wildman–Crippen LogP) is 15.7. The van der Waals surface area contributed by atoms with Crippen molar-refractivity contribution in [1.29, 1.82) is 0 Å². The topological polar surface area (TPSA) is 66.8 Å². The number of carbonyl (C=O) groups is 1. The molecule has 0 saturated heterocycles. The molecule has 0 spiro atoms. The van der Waals surface area contributed by atoms with Gasteiger partial charge in [-0.05, 0) is 25.7 Å². The summed E-state index contributed by atoms with van der Waals surface area (Å²) < 4.78 is 5.33. The Labute approximate surface area is 327 Å². The minimum absolute atomic E-state index is 0.0968. The van der Waals surface area contributed by atoms with Gasteiger partial charge in [-0.15, -0.1) is 0 Å². The number of ether oxygens (including phenoxy) is 1. The van der Waals surface area contributed by atoms with E-state index in [1.807, 2.05) is 0 Å². The van der Waals surface area contributed by atoms with Gasteiger partial charge in [0.15, 0.2) is 0 Å². The molecular formula is C48H96O4. The lowest BCUT2D eigenvalue weighted by molar-refractivity contribution is -0.146. The normalized spacial score (nSPS) is 12.8. The van der Waals surface area contributed by atoms with Crippen molar-refractivity contribution in [2.75, 3.05) is 6.61 Å². The van der Waals surface area contributed by atoms with Crippen LogP contribution < -0.4 is 0 Å². The van der Waals surface area contributed by atoms with E-state index in [1.54, 1.807) is 0 Å². The highest BCUT2D eigenvalue weighted by atomic mass is 16.5. The highest BCUT2D eigenvalue weighted by Gasteiger charge is 2.09. The van der Waals surface area contributed by atoms with Crippen LogP contribution in [-0.4, -0.2) is 35.0 Å². The SMILES string of the molecule is CCCCCCCCCCCCCCCCCCCCCCCCCCCC[C@H](O)COC(=O)CCCCCCCCCC[C@H](O)CCCCCC. The van der Waals surface area contributed by atoms with E-state index >= 15 is 0 Å². The number of unbranched alkanes of at least 4 members (excludes halogenated alkanes) is 35. The first-order chi connectivity index (χ1) is 25.6. The second kappa shape index (κ2) is 44.8. The molecule has 0 radical (unpaired) electrons. The van der Waals surface area contributed by atoms with Crippen molar-refractivity contribution in [3.63, 3.8) is 0 Å². The number of aliphatic hydroxyl groups is 2. The maximum atomic E-state index is 12.0. The second-order valence-electron chi connectivity index (χ2n) is 16.8. The Morgan fingerprint density at radius 3 is 0.885 bits per heavy atom. The zero-order valence-electron chi connectivity index (χ0n) is 35.8. The summed E-state index contributed by atoms with van der Waals surface area (Å²) >= 11 is 0. The summed E-state index contributed by atoms with van der Waals surface area (Å²) in [5.41, 5.74) is 0. The molecule has 0 aromatic rings. The van der Waals surface area contributed by atoms with Gasteiger partial charge in [0, 0.05) is 6.42 Å². The summed E-state index contributed by atoms with van der Waals surface area (Å²) in [6.07, 6.45) is 53.1. The summed E-state index contributed by atoms with van der Waals surface area (Å²) in [6.45, 7) is 4.68. The quantitative estimate of drug-likeness (QED) is 0.0482. The van der Waals surface area contributed by atoms with Crippen molar-refractivity contribution in [3.8, 4) is 0 Å². The second-order valence-corrected chi connectivity index (χ2v) is 16.8. The van der Waals surface area contributed by atoms with Gasteiger partial charge in [0.2, 0.25) is 0 Å². The lowest BCUT2D eigenvalue weighted by Crippen LogP contribution is -2.18. The standard InChI is InChI=1S/C48H96O4/c1-3-5-7-9-10-11-12-13-14-15-16-17-18-19-20-21-22-23-24-25-26-27-28-32-35-39-43-47(50)45-52-48(51)44-40-36-33-30-29-31-34-38-42-46(49)41-37-8-6-4-2/h46-47,49-50H,3-45H2,1-2H3/t46-,47+/m1/s1. The maximum Gasteiger partial charge on any atom is 0.305 e. The van der Waals surface area contributed by atoms with Crippen LogP contribution in [-0.2, 0) is 9.53 Å². The number of aliphatic hydroxyl groups excluding tert-OH is 2. The fourth-order valence-corrected chi connectivity index (χ4v) is 7.70. The molecule has 0 aromatic carbocycles. The molecule has 4 nitrogen and oxygen atoms in total. The number of rotatable bonds is 45. The van der Waals surface area contributed by atoms with Crippen molar-refractivity contribution in [1.82, 2.24) is 0 Å². The van der Waals surface area contributed by atoms with Gasteiger partial charge in [-0.2, -0.15) is 0 Å². The van der Waals surface area contributed by atoms with E-state index in [0.717, 1.165) is 44.9 Å². The summed E-state index contributed by atoms with van der Waals surface area (Å²) in [5, 5.41) is 20.3. The minimum atomic E-state index is -0.513. The Hall–Kier alpha value is -0.610. The van der Waals surface area contributed by atoms with Gasteiger partial charge in [0.1, 0.15) is 6.61 Å². The Morgan fingerprint density at radius 2 is 0.577 bits per heavy atom. The van der Waals surface area contributed by atoms with Crippen LogP contribution >= 0.6 is 0 Å². The average molecular weight is 737 g/mol. The first kappa shape index (κ1) is 51.4. The Bertz CT molecular complexity index is 667. The smallest absolute Gasteiger partial charge is 0.305 e. The zero-order chi connectivity index (χ0) is 37.8. The molecule has 0 rings (SSSR count). The van der Waals surface area contributed by atoms with Gasteiger partial charge in [0.25, 0.3) is 0 Å². The van der Waals surface area contributed by atoms with E-state index < -0.39 is 6.10 Å². The number of hydrogen-bond acceptors (Lipinski definition) is 4. The summed E-state index contributed by atoms with van der Waals surface area (Å²) in [7, 11) is 0. The Morgan fingerprint density at radius 1 is 0.346 bits per heavy atom. The van der Waals surface area contributed by atoms with Crippen molar-refractivity contribution < 1.29 is 19.7 Å². The third kappa shape index (κ3) is 43.8. The van der Waals surface area contributed by atoms with E-state index in [-0.39, 0.29) is 18.7 Å². The van der Waals surface area contributed by atoms with Gasteiger partial charge in [-0.1, -0.05) is 251 Å². The highest BCUT2D eigenvalue weighted by molar-refractivity contribution is 5.69. The Kier molecular flexibility index (Phi) is 44.3. The van der Waals surface area contributed by atoms with Crippen LogP contribution in [0.3, 0.4) is 0 Å². The molecular weight excluding hydrogens is 641 g/mol. The van der Waals surface area contributed by atoms with Crippen LogP contribution in [0.2, 0.25) is 0 Å². The number of esters is 1. The van der Waals surface area contributed by atoms with Crippen LogP contribution in [0.1, 0.15) is 284 Å². The molecule has 0 heterocycles. The van der Waals surface area contributed by atoms with Crippen LogP contribution in [0.5, 0.6) is 0 Å². The molecule has 312 valence electrons. The lowest BCUT2D eigenvalue weighted by Gasteiger charge is -2.11. The first-order valence-corrected chi connectivity index (χ1v) is 24.1. The van der Waals surface area contributed by atoms with Gasteiger partial charge in [-0.25, -0.2) is 0 Å². The van der Waals surface area contributed by atoms with Gasteiger partial charge < -0.3 is 14.9 Å². The van der Waals surface area contributed by atoms with Gasteiger partial charge in [0.05, 0.1) is 12.2 Å². The van der Waals surface area contributed by atoms with Crippen molar-refractivity contribution in [3.05, 3.63) is 0 Å². The largest absolute Gasteiger partial charge is 0.463 e. The summed E-state index contributed by atoms with van der Waals surface area (Å²) in [5.74, 6) is -0.155. The third-order valence-corrected chi connectivity index (χ3v) is 11.4. The average Bonchev–Trinajstić information content (AvgIpc) is 3.14. The predicted molar refractivity (Wildman–Crippen MR) is 228 cm³/mol. The molecule has 0 aliphatic rings. The molecule has 0 saturated carbocycles. The first-order valence-electron chi connectivity index (χ1n) is 24.1. The van der Waals surface area contributed by atoms with E-state index in [4.69, 9.17) is 4.74 Å². The molecule has 2 atom stereocenters. The van der Waals surface area contributed by atoms with E-state index in [9.17, 15) is 15.0 Å². The molecule has 52 heavy (non-hydrogen) atoms. The fraction of sp³-hybridized carbons (Fsp3) is 0.979. The van der Waals surface area contributed by atoms with E-state index in [2.05, 4.69) is 13.8 Å². The lowest BCUT2D eigenvalue weighted by atomic mass is 10.0. The monoisotopic (exact) mass is 737 g/mol. The van der Waals surface area contributed by atoms with Crippen molar-refractivity contribution in [2.24, 2.45) is 0 Å². The van der Waals surface area contributed by atoms with Crippen molar-refractivity contribution >= 4 is 5.97 Å². The van der Waals surface area contributed by atoms with Gasteiger partial charge >= 0.3 is 5.97 Å². The molecule has 0 aliphatic carbocycles. The zero-order valence-corrected chi connectivity index (χ0v) is 35.8. The van der Waals surface area contributed by atoms with E-state index in [0.29, 0.717) is 6.42 Å². The maximum absolute atomic E-state index is 12.0.